The van der Waals surface area contributed by atoms with Crippen molar-refractivity contribution in [3.05, 3.63) is 0 Å². The van der Waals surface area contributed by atoms with Crippen LogP contribution in [0.1, 0.15) is 39.0 Å². The van der Waals surface area contributed by atoms with Crippen molar-refractivity contribution >= 4 is 0 Å². The smallest absolute Gasteiger partial charge is 0.0468 e. The highest BCUT2D eigenvalue weighted by Gasteiger charge is 2.12. The monoisotopic (exact) mass is 214 g/mol. The van der Waals surface area contributed by atoms with Gasteiger partial charge in [0.15, 0.2) is 0 Å². The summed E-state index contributed by atoms with van der Waals surface area (Å²) in [7, 11) is 0. The van der Waals surface area contributed by atoms with Gasteiger partial charge in [-0.3, -0.25) is 0 Å². The van der Waals surface area contributed by atoms with Crippen molar-refractivity contribution in [2.75, 3.05) is 26.3 Å². The molecule has 1 aliphatic rings. The van der Waals surface area contributed by atoms with Crippen LogP contribution in [-0.4, -0.2) is 32.3 Å². The number of ether oxygens (including phenoxy) is 1. The molecule has 1 rings (SSSR count). The van der Waals surface area contributed by atoms with E-state index in [1.54, 1.807) is 0 Å². The standard InChI is InChI=1S/C12H26N2O/c1-11(13)3-2-7-14-8-4-12-5-9-15-10-6-12/h11-12,14H,2-10,13H2,1H3. The fraction of sp³-hybridized carbons (Fsp3) is 1.00. The molecular weight excluding hydrogens is 188 g/mol. The Morgan fingerprint density at radius 2 is 2.07 bits per heavy atom. The third kappa shape index (κ3) is 6.88. The van der Waals surface area contributed by atoms with Gasteiger partial charge in [0.1, 0.15) is 0 Å². The summed E-state index contributed by atoms with van der Waals surface area (Å²) in [6.07, 6.45) is 6.14. The van der Waals surface area contributed by atoms with E-state index >= 15 is 0 Å². The number of nitrogens with one attached hydrogen (secondary N) is 1. The second-order valence-electron chi connectivity index (χ2n) is 4.71. The molecule has 3 N–H and O–H groups in total. The molecule has 3 heteroatoms. The van der Waals surface area contributed by atoms with Crippen LogP contribution in [0.4, 0.5) is 0 Å². The molecule has 0 radical (unpaired) electrons. The summed E-state index contributed by atoms with van der Waals surface area (Å²) < 4.78 is 5.34. The maximum absolute atomic E-state index is 5.68. The van der Waals surface area contributed by atoms with Crippen LogP contribution in [0.15, 0.2) is 0 Å². The van der Waals surface area contributed by atoms with Crippen LogP contribution in [0.5, 0.6) is 0 Å². The second kappa shape index (κ2) is 8.08. The SMILES string of the molecule is CC(N)CCCNCCC1CCOCC1. The molecule has 90 valence electrons. The first kappa shape index (κ1) is 12.9. The number of rotatable bonds is 7. The lowest BCUT2D eigenvalue weighted by molar-refractivity contribution is 0.0640. The zero-order chi connectivity index (χ0) is 10.9. The predicted molar refractivity (Wildman–Crippen MR) is 63.9 cm³/mol. The summed E-state index contributed by atoms with van der Waals surface area (Å²) in [5.74, 6) is 0.889. The lowest BCUT2D eigenvalue weighted by Crippen LogP contribution is -2.24. The lowest BCUT2D eigenvalue weighted by atomic mass is 9.97. The van der Waals surface area contributed by atoms with Crippen LogP contribution >= 0.6 is 0 Å². The van der Waals surface area contributed by atoms with Gasteiger partial charge in [-0.1, -0.05) is 0 Å². The average molecular weight is 214 g/mol. The molecule has 0 aromatic rings. The number of nitrogens with two attached hydrogens (primary N) is 1. The minimum Gasteiger partial charge on any atom is -0.381 e. The molecule has 1 saturated heterocycles. The largest absolute Gasteiger partial charge is 0.381 e. The van der Waals surface area contributed by atoms with E-state index in [-0.39, 0.29) is 0 Å². The Morgan fingerprint density at radius 1 is 1.33 bits per heavy atom. The summed E-state index contributed by atoms with van der Waals surface area (Å²) in [5.41, 5.74) is 5.68. The summed E-state index contributed by atoms with van der Waals surface area (Å²) in [6, 6.07) is 0.349. The van der Waals surface area contributed by atoms with Crippen LogP contribution in [0.3, 0.4) is 0 Å². The third-order valence-corrected chi connectivity index (χ3v) is 3.08. The molecule has 1 aliphatic heterocycles. The Morgan fingerprint density at radius 3 is 2.73 bits per heavy atom. The molecule has 1 heterocycles. The van der Waals surface area contributed by atoms with Crippen molar-refractivity contribution in [3.8, 4) is 0 Å². The molecule has 1 fully saturated rings. The highest BCUT2D eigenvalue weighted by atomic mass is 16.5. The maximum atomic E-state index is 5.68. The van der Waals surface area contributed by atoms with Gasteiger partial charge in [-0.15, -0.1) is 0 Å². The van der Waals surface area contributed by atoms with Gasteiger partial charge in [0.2, 0.25) is 0 Å². The fourth-order valence-corrected chi connectivity index (χ4v) is 2.02. The average Bonchev–Trinajstić information content (AvgIpc) is 2.24. The Balaban J connectivity index is 1.83. The highest BCUT2D eigenvalue weighted by Crippen LogP contribution is 2.17. The van der Waals surface area contributed by atoms with Gasteiger partial charge < -0.3 is 15.8 Å². The zero-order valence-electron chi connectivity index (χ0n) is 10.0. The predicted octanol–water partition coefficient (Wildman–Crippen LogP) is 1.52. The van der Waals surface area contributed by atoms with Crippen LogP contribution in [-0.2, 0) is 4.74 Å². The van der Waals surface area contributed by atoms with E-state index in [2.05, 4.69) is 12.2 Å². The molecule has 0 spiro atoms. The van der Waals surface area contributed by atoms with Gasteiger partial charge in [0.05, 0.1) is 0 Å². The molecular formula is C12H26N2O. The Kier molecular flexibility index (Phi) is 6.98. The summed E-state index contributed by atoms with van der Waals surface area (Å²) in [4.78, 5) is 0. The molecule has 0 aliphatic carbocycles. The van der Waals surface area contributed by atoms with Crippen LogP contribution < -0.4 is 11.1 Å². The van der Waals surface area contributed by atoms with E-state index in [9.17, 15) is 0 Å². The fourth-order valence-electron chi connectivity index (χ4n) is 2.02. The van der Waals surface area contributed by atoms with Crippen LogP contribution in [0.2, 0.25) is 0 Å². The summed E-state index contributed by atoms with van der Waals surface area (Å²) in [5, 5.41) is 3.49. The molecule has 1 atom stereocenters. The summed E-state index contributed by atoms with van der Waals surface area (Å²) >= 11 is 0. The van der Waals surface area contributed by atoms with E-state index in [0.717, 1.165) is 38.6 Å². The van der Waals surface area contributed by atoms with Gasteiger partial charge in [-0.2, -0.15) is 0 Å². The quantitative estimate of drug-likeness (QED) is 0.632. The van der Waals surface area contributed by atoms with Crippen LogP contribution in [0, 0.1) is 5.92 Å². The van der Waals surface area contributed by atoms with Gasteiger partial charge in [0, 0.05) is 19.3 Å². The highest BCUT2D eigenvalue weighted by molar-refractivity contribution is 4.65. The topological polar surface area (TPSA) is 47.3 Å². The lowest BCUT2D eigenvalue weighted by Gasteiger charge is -2.21. The van der Waals surface area contributed by atoms with Crippen molar-refractivity contribution < 1.29 is 4.74 Å². The first-order valence-corrected chi connectivity index (χ1v) is 6.33. The van der Waals surface area contributed by atoms with Crippen molar-refractivity contribution in [2.45, 2.75) is 45.1 Å². The number of hydrogen-bond acceptors (Lipinski definition) is 3. The minimum atomic E-state index is 0.349. The molecule has 0 saturated carbocycles. The normalized spacial score (nSPS) is 20.4. The summed E-state index contributed by atoms with van der Waals surface area (Å²) in [6.45, 7) is 6.28. The van der Waals surface area contributed by atoms with Gasteiger partial charge in [0.25, 0.3) is 0 Å². The molecule has 15 heavy (non-hydrogen) atoms. The van der Waals surface area contributed by atoms with Gasteiger partial charge >= 0.3 is 0 Å². The maximum Gasteiger partial charge on any atom is 0.0468 e. The first-order chi connectivity index (χ1) is 7.29. The molecule has 0 bridgehead atoms. The molecule has 0 aromatic heterocycles. The van der Waals surface area contributed by atoms with E-state index in [1.807, 2.05) is 0 Å². The van der Waals surface area contributed by atoms with Crippen molar-refractivity contribution in [1.82, 2.24) is 5.32 Å². The minimum absolute atomic E-state index is 0.349. The van der Waals surface area contributed by atoms with Crippen LogP contribution in [0.25, 0.3) is 0 Å². The van der Waals surface area contributed by atoms with Crippen molar-refractivity contribution in [1.29, 1.82) is 0 Å². The van der Waals surface area contributed by atoms with E-state index in [1.165, 1.54) is 25.7 Å². The number of hydrogen-bond donors (Lipinski definition) is 2. The van der Waals surface area contributed by atoms with E-state index < -0.39 is 0 Å². The molecule has 1 unspecified atom stereocenters. The Hall–Kier alpha value is -0.120. The molecule has 0 amide bonds. The Bertz CT molecular complexity index is 145. The second-order valence-corrected chi connectivity index (χ2v) is 4.71. The van der Waals surface area contributed by atoms with Gasteiger partial charge in [-0.25, -0.2) is 0 Å². The van der Waals surface area contributed by atoms with E-state index in [0.29, 0.717) is 6.04 Å². The van der Waals surface area contributed by atoms with E-state index in [4.69, 9.17) is 10.5 Å². The van der Waals surface area contributed by atoms with Crippen molar-refractivity contribution in [3.63, 3.8) is 0 Å². The molecule has 0 aromatic carbocycles. The molecule has 3 nitrogen and oxygen atoms in total. The third-order valence-electron chi connectivity index (χ3n) is 3.08. The van der Waals surface area contributed by atoms with Crippen molar-refractivity contribution in [2.24, 2.45) is 11.7 Å². The first-order valence-electron chi connectivity index (χ1n) is 6.33. The zero-order valence-corrected chi connectivity index (χ0v) is 10.0. The van der Waals surface area contributed by atoms with Gasteiger partial charge in [-0.05, 0) is 58.0 Å². The Labute approximate surface area is 93.8 Å².